The first-order valence-electron chi connectivity index (χ1n) is 9.08. The Morgan fingerprint density at radius 3 is 2.22 bits per heavy atom. The lowest BCUT2D eigenvalue weighted by atomic mass is 10.0. The largest absolute Gasteiger partial charge is 0.496 e. The van der Waals surface area contributed by atoms with E-state index in [0.29, 0.717) is 6.42 Å². The summed E-state index contributed by atoms with van der Waals surface area (Å²) in [7, 11) is 1.68. The highest BCUT2D eigenvalue weighted by atomic mass is 16.5. The van der Waals surface area contributed by atoms with Crippen molar-refractivity contribution in [1.29, 1.82) is 0 Å². The van der Waals surface area contributed by atoms with Gasteiger partial charge in [-0.2, -0.15) is 0 Å². The van der Waals surface area contributed by atoms with Crippen LogP contribution in [0.1, 0.15) is 68.8 Å². The van der Waals surface area contributed by atoms with Crippen LogP contribution in [-0.2, 0) is 6.42 Å². The summed E-state index contributed by atoms with van der Waals surface area (Å²) in [6.07, 6.45) is 6.30. The molecule has 0 saturated heterocycles. The van der Waals surface area contributed by atoms with Crippen LogP contribution in [0.25, 0.3) is 0 Å². The molecular weight excluding hydrogens is 286 g/mol. The molecule has 0 aromatic heterocycles. The Labute approximate surface area is 142 Å². The zero-order valence-corrected chi connectivity index (χ0v) is 15.4. The summed E-state index contributed by atoms with van der Waals surface area (Å²) in [5.74, 6) is 1.11. The second kappa shape index (κ2) is 11.2. The van der Waals surface area contributed by atoms with E-state index in [0.717, 1.165) is 42.9 Å². The first-order valence-corrected chi connectivity index (χ1v) is 9.08. The second-order valence-corrected chi connectivity index (χ2v) is 6.10. The van der Waals surface area contributed by atoms with Crippen LogP contribution in [-0.4, -0.2) is 37.4 Å². The van der Waals surface area contributed by atoms with Gasteiger partial charge in [0, 0.05) is 18.5 Å². The number of Topliss-reactive ketones (excluding diaryl/α,β-unsaturated/α-hetero) is 1. The number of ether oxygens (including phenoxy) is 1. The van der Waals surface area contributed by atoms with Gasteiger partial charge in [-0.15, -0.1) is 0 Å². The summed E-state index contributed by atoms with van der Waals surface area (Å²) >= 11 is 0. The Hall–Kier alpha value is -1.35. The first kappa shape index (κ1) is 19.7. The fraction of sp³-hybridized carbons (Fsp3) is 0.650. The van der Waals surface area contributed by atoms with Crippen molar-refractivity contribution in [2.45, 2.75) is 59.3 Å². The van der Waals surface area contributed by atoms with E-state index in [-0.39, 0.29) is 5.78 Å². The van der Waals surface area contributed by atoms with Crippen molar-refractivity contribution in [3.05, 3.63) is 29.3 Å². The van der Waals surface area contributed by atoms with E-state index in [1.165, 1.54) is 25.7 Å². The van der Waals surface area contributed by atoms with E-state index in [2.05, 4.69) is 25.7 Å². The number of nitrogens with zero attached hydrogens (tertiary/aromatic N) is 1. The molecule has 1 aromatic rings. The molecule has 1 aromatic carbocycles. The zero-order chi connectivity index (χ0) is 17.1. The highest BCUT2D eigenvalue weighted by Gasteiger charge is 2.12. The SMILES string of the molecule is CCCCN(CCCC)CCC(=O)c1ccc(OC)c(CC)c1. The van der Waals surface area contributed by atoms with Gasteiger partial charge in [-0.1, -0.05) is 33.6 Å². The Kier molecular flexibility index (Phi) is 9.61. The predicted molar refractivity (Wildman–Crippen MR) is 97.6 cm³/mol. The summed E-state index contributed by atoms with van der Waals surface area (Å²) in [5, 5.41) is 0. The minimum Gasteiger partial charge on any atom is -0.496 e. The number of ketones is 1. The number of methoxy groups -OCH3 is 1. The average molecular weight is 319 g/mol. The second-order valence-electron chi connectivity index (χ2n) is 6.10. The maximum absolute atomic E-state index is 12.5. The number of benzene rings is 1. The van der Waals surface area contributed by atoms with E-state index in [1.54, 1.807) is 7.11 Å². The number of unbranched alkanes of at least 4 members (excludes halogenated alkanes) is 2. The molecule has 23 heavy (non-hydrogen) atoms. The number of hydrogen-bond acceptors (Lipinski definition) is 3. The molecule has 0 radical (unpaired) electrons. The van der Waals surface area contributed by atoms with E-state index >= 15 is 0 Å². The molecule has 3 nitrogen and oxygen atoms in total. The van der Waals surface area contributed by atoms with Gasteiger partial charge in [-0.25, -0.2) is 0 Å². The zero-order valence-electron chi connectivity index (χ0n) is 15.4. The van der Waals surface area contributed by atoms with Crippen LogP contribution in [0, 0.1) is 0 Å². The van der Waals surface area contributed by atoms with E-state index in [4.69, 9.17) is 4.74 Å². The molecule has 0 saturated carbocycles. The Balaban J connectivity index is 2.62. The van der Waals surface area contributed by atoms with E-state index in [9.17, 15) is 4.79 Å². The summed E-state index contributed by atoms with van der Waals surface area (Å²) in [6, 6.07) is 5.80. The van der Waals surface area contributed by atoms with Crippen LogP contribution in [0.5, 0.6) is 5.75 Å². The molecular formula is C20H33NO2. The summed E-state index contributed by atoms with van der Waals surface area (Å²) in [4.78, 5) is 14.9. The summed E-state index contributed by atoms with van der Waals surface area (Å²) in [5.41, 5.74) is 1.92. The van der Waals surface area contributed by atoms with Gasteiger partial charge in [0.25, 0.3) is 0 Å². The Bertz CT molecular complexity index is 463. The summed E-state index contributed by atoms with van der Waals surface area (Å²) < 4.78 is 5.34. The quantitative estimate of drug-likeness (QED) is 0.521. The van der Waals surface area contributed by atoms with Crippen molar-refractivity contribution < 1.29 is 9.53 Å². The molecule has 0 atom stereocenters. The summed E-state index contributed by atoms with van der Waals surface area (Å²) in [6.45, 7) is 9.59. The van der Waals surface area contributed by atoms with Crippen LogP contribution in [0.4, 0.5) is 0 Å². The highest BCUT2D eigenvalue weighted by Crippen LogP contribution is 2.21. The molecule has 0 bridgehead atoms. The van der Waals surface area contributed by atoms with Gasteiger partial charge in [0.15, 0.2) is 5.78 Å². The molecule has 1 rings (SSSR count). The van der Waals surface area contributed by atoms with Gasteiger partial charge in [-0.05, 0) is 56.1 Å². The van der Waals surface area contributed by atoms with Crippen LogP contribution in [0.3, 0.4) is 0 Å². The Morgan fingerprint density at radius 2 is 1.70 bits per heavy atom. The maximum Gasteiger partial charge on any atom is 0.164 e. The van der Waals surface area contributed by atoms with Crippen molar-refractivity contribution in [1.82, 2.24) is 4.90 Å². The number of aryl methyl sites for hydroxylation is 1. The van der Waals surface area contributed by atoms with E-state index in [1.807, 2.05) is 18.2 Å². The monoisotopic (exact) mass is 319 g/mol. The van der Waals surface area contributed by atoms with Crippen molar-refractivity contribution in [3.8, 4) is 5.75 Å². The standard InChI is InChI=1S/C20H33NO2/c1-5-8-13-21(14-9-6-2)15-12-19(22)18-10-11-20(23-4)17(7-3)16-18/h10-11,16H,5-9,12-15H2,1-4H3. The smallest absolute Gasteiger partial charge is 0.164 e. The van der Waals surface area contributed by atoms with Crippen LogP contribution >= 0.6 is 0 Å². The molecule has 0 aliphatic rings. The molecule has 0 amide bonds. The molecule has 0 spiro atoms. The minimum absolute atomic E-state index is 0.236. The van der Waals surface area contributed by atoms with Gasteiger partial charge in [0.1, 0.15) is 5.75 Å². The molecule has 0 unspecified atom stereocenters. The normalized spacial score (nSPS) is 11.0. The average Bonchev–Trinajstić information content (AvgIpc) is 2.60. The van der Waals surface area contributed by atoms with E-state index < -0.39 is 0 Å². The lowest BCUT2D eigenvalue weighted by molar-refractivity contribution is 0.0963. The van der Waals surface area contributed by atoms with Crippen molar-refractivity contribution in [2.24, 2.45) is 0 Å². The van der Waals surface area contributed by atoms with Gasteiger partial charge in [0.2, 0.25) is 0 Å². The number of carbonyl (C=O) groups excluding carboxylic acids is 1. The lowest BCUT2D eigenvalue weighted by Crippen LogP contribution is -2.28. The molecule has 3 heteroatoms. The van der Waals surface area contributed by atoms with Gasteiger partial charge in [0.05, 0.1) is 7.11 Å². The third-order valence-corrected chi connectivity index (χ3v) is 4.29. The molecule has 0 aliphatic heterocycles. The molecule has 0 heterocycles. The molecule has 130 valence electrons. The fourth-order valence-corrected chi connectivity index (χ4v) is 2.73. The van der Waals surface area contributed by atoms with Crippen molar-refractivity contribution in [3.63, 3.8) is 0 Å². The number of hydrogen-bond donors (Lipinski definition) is 0. The van der Waals surface area contributed by atoms with Crippen LogP contribution in [0.15, 0.2) is 18.2 Å². The van der Waals surface area contributed by atoms with Crippen molar-refractivity contribution >= 4 is 5.78 Å². The predicted octanol–water partition coefficient (Wildman–Crippen LogP) is 4.73. The highest BCUT2D eigenvalue weighted by molar-refractivity contribution is 5.96. The topological polar surface area (TPSA) is 29.5 Å². The number of rotatable bonds is 12. The third kappa shape index (κ3) is 6.74. The maximum atomic E-state index is 12.5. The van der Waals surface area contributed by atoms with Crippen LogP contribution < -0.4 is 4.74 Å². The third-order valence-electron chi connectivity index (χ3n) is 4.29. The van der Waals surface area contributed by atoms with Crippen LogP contribution in [0.2, 0.25) is 0 Å². The molecule has 0 N–H and O–H groups in total. The molecule has 0 fully saturated rings. The molecule has 0 aliphatic carbocycles. The fourth-order valence-electron chi connectivity index (χ4n) is 2.73. The minimum atomic E-state index is 0.236. The van der Waals surface area contributed by atoms with Gasteiger partial charge in [-0.3, -0.25) is 4.79 Å². The first-order chi connectivity index (χ1) is 11.2. The number of carbonyl (C=O) groups is 1. The Morgan fingerprint density at radius 1 is 1.04 bits per heavy atom. The lowest BCUT2D eigenvalue weighted by Gasteiger charge is -2.21. The van der Waals surface area contributed by atoms with Gasteiger partial charge < -0.3 is 9.64 Å². The van der Waals surface area contributed by atoms with Gasteiger partial charge >= 0.3 is 0 Å². The van der Waals surface area contributed by atoms with Crippen molar-refractivity contribution in [2.75, 3.05) is 26.7 Å².